The fourth-order valence-electron chi connectivity index (χ4n) is 3.35. The number of hydrogen-bond donors (Lipinski definition) is 1. The molecule has 1 aliphatic heterocycles. The number of carbonyl (C=O) groups is 2. The number of aryl methyl sites for hydroxylation is 1. The number of aliphatic hydroxyl groups excluding tert-OH is 1. The Labute approximate surface area is 179 Å². The third kappa shape index (κ3) is 3.46. The molecule has 1 aromatic heterocycles. The summed E-state index contributed by atoms with van der Waals surface area (Å²) in [5.41, 5.74) is 0.320. The zero-order valence-corrected chi connectivity index (χ0v) is 16.8. The molecular formula is C21H14FN3O5S. The lowest BCUT2D eigenvalue weighted by atomic mass is 9.95. The number of rotatable bonds is 4. The highest BCUT2D eigenvalue weighted by molar-refractivity contribution is 7.14. The van der Waals surface area contributed by atoms with E-state index in [1.165, 1.54) is 42.6 Å². The molecule has 2 heterocycles. The van der Waals surface area contributed by atoms with Gasteiger partial charge in [-0.3, -0.25) is 24.6 Å². The predicted octanol–water partition coefficient (Wildman–Crippen LogP) is 4.13. The molecule has 1 fully saturated rings. The molecule has 0 spiro atoms. The molecule has 4 rings (SSSR count). The van der Waals surface area contributed by atoms with Gasteiger partial charge in [0.2, 0.25) is 0 Å². The molecule has 1 aliphatic rings. The molecule has 0 bridgehead atoms. The van der Waals surface area contributed by atoms with Gasteiger partial charge in [-0.1, -0.05) is 12.1 Å². The average molecular weight is 439 g/mol. The van der Waals surface area contributed by atoms with Crippen LogP contribution < -0.4 is 4.90 Å². The molecule has 1 N–H and O–H groups in total. The predicted molar refractivity (Wildman–Crippen MR) is 111 cm³/mol. The number of halogens is 1. The first-order valence-corrected chi connectivity index (χ1v) is 9.89. The van der Waals surface area contributed by atoms with Gasteiger partial charge in [0, 0.05) is 29.3 Å². The average Bonchev–Trinajstić information content (AvgIpc) is 3.36. The summed E-state index contributed by atoms with van der Waals surface area (Å²) in [6.07, 6.45) is 1.46. The second-order valence-electron chi connectivity index (χ2n) is 6.80. The third-order valence-corrected chi connectivity index (χ3v) is 5.71. The molecule has 1 amide bonds. The summed E-state index contributed by atoms with van der Waals surface area (Å²) in [6.45, 7) is 1.55. The van der Waals surface area contributed by atoms with Gasteiger partial charge in [0.05, 0.1) is 16.5 Å². The summed E-state index contributed by atoms with van der Waals surface area (Å²) in [5, 5.41) is 23.7. The smallest absolute Gasteiger partial charge is 0.301 e. The van der Waals surface area contributed by atoms with E-state index in [4.69, 9.17) is 0 Å². The molecule has 0 radical (unpaired) electrons. The van der Waals surface area contributed by atoms with Crippen molar-refractivity contribution in [3.05, 3.63) is 92.2 Å². The van der Waals surface area contributed by atoms with Gasteiger partial charge in [0.25, 0.3) is 11.5 Å². The Hall–Kier alpha value is -3.92. The number of carbonyl (C=O) groups excluding carboxylic acids is 2. The zero-order valence-electron chi connectivity index (χ0n) is 16.0. The van der Waals surface area contributed by atoms with E-state index in [2.05, 4.69) is 4.98 Å². The van der Waals surface area contributed by atoms with Crippen molar-refractivity contribution in [2.75, 3.05) is 4.90 Å². The van der Waals surface area contributed by atoms with Crippen molar-refractivity contribution in [3.63, 3.8) is 0 Å². The molecule has 2 aromatic carbocycles. The Morgan fingerprint density at radius 1 is 1.23 bits per heavy atom. The van der Waals surface area contributed by atoms with Gasteiger partial charge in [-0.15, -0.1) is 11.3 Å². The first-order chi connectivity index (χ1) is 14.8. The molecule has 10 heteroatoms. The quantitative estimate of drug-likeness (QED) is 0.215. The Morgan fingerprint density at radius 3 is 2.52 bits per heavy atom. The molecule has 0 aliphatic carbocycles. The molecule has 1 saturated heterocycles. The fraction of sp³-hybridized carbons (Fsp3) is 0.0952. The number of Topliss-reactive ketones (excluding diaryl/α,β-unsaturated/α-hetero) is 1. The lowest BCUT2D eigenvalue weighted by Gasteiger charge is -2.22. The number of non-ortho nitro benzene ring substituents is 1. The summed E-state index contributed by atoms with van der Waals surface area (Å²) in [5.74, 6) is -2.99. The summed E-state index contributed by atoms with van der Waals surface area (Å²) in [7, 11) is 0. The Balaban J connectivity index is 1.93. The van der Waals surface area contributed by atoms with Gasteiger partial charge in [0.1, 0.15) is 11.6 Å². The van der Waals surface area contributed by atoms with Crippen LogP contribution in [0.5, 0.6) is 0 Å². The number of aromatic nitrogens is 1. The maximum Gasteiger partial charge on any atom is 0.301 e. The second kappa shape index (κ2) is 7.73. The number of nitro groups is 1. The number of ketones is 1. The van der Waals surface area contributed by atoms with Gasteiger partial charge in [-0.2, -0.15) is 0 Å². The number of anilines is 1. The third-order valence-electron chi connectivity index (χ3n) is 4.93. The Morgan fingerprint density at radius 2 is 1.94 bits per heavy atom. The number of benzene rings is 2. The lowest BCUT2D eigenvalue weighted by molar-refractivity contribution is -0.384. The minimum Gasteiger partial charge on any atom is -0.507 e. The first-order valence-electron chi connectivity index (χ1n) is 9.01. The normalized spacial score (nSPS) is 17.9. The van der Waals surface area contributed by atoms with Gasteiger partial charge in [-0.25, -0.2) is 9.37 Å². The minimum atomic E-state index is -1.09. The Kier molecular flexibility index (Phi) is 5.07. The van der Waals surface area contributed by atoms with Crippen molar-refractivity contribution in [3.8, 4) is 0 Å². The number of amides is 1. The van der Waals surface area contributed by atoms with E-state index in [1.54, 1.807) is 12.3 Å². The molecule has 1 atom stereocenters. The van der Waals surface area contributed by atoms with E-state index in [1.807, 2.05) is 0 Å². The van der Waals surface area contributed by atoms with E-state index in [0.717, 1.165) is 22.3 Å². The van der Waals surface area contributed by atoms with Crippen molar-refractivity contribution in [2.24, 2.45) is 0 Å². The van der Waals surface area contributed by atoms with Crippen LogP contribution in [0.25, 0.3) is 5.76 Å². The zero-order chi connectivity index (χ0) is 22.3. The molecule has 0 saturated carbocycles. The SMILES string of the molecule is Cc1ccc(/C(O)=C2/C(=O)C(=O)N(c3nccs3)C2c2ccc([N+](=O)[O-])cc2)cc1F. The van der Waals surface area contributed by atoms with Crippen LogP contribution in [0.1, 0.15) is 22.7 Å². The topological polar surface area (TPSA) is 114 Å². The number of aliphatic hydroxyl groups is 1. The molecule has 156 valence electrons. The van der Waals surface area contributed by atoms with Crippen LogP contribution in [0.3, 0.4) is 0 Å². The molecule has 31 heavy (non-hydrogen) atoms. The van der Waals surface area contributed by atoms with Crippen LogP contribution in [0.2, 0.25) is 0 Å². The van der Waals surface area contributed by atoms with Crippen LogP contribution in [-0.4, -0.2) is 26.7 Å². The van der Waals surface area contributed by atoms with Crippen LogP contribution >= 0.6 is 11.3 Å². The number of nitro benzene ring substituents is 1. The molecule has 3 aromatic rings. The van der Waals surface area contributed by atoms with Crippen molar-refractivity contribution in [1.29, 1.82) is 0 Å². The van der Waals surface area contributed by atoms with Crippen molar-refractivity contribution in [2.45, 2.75) is 13.0 Å². The maximum absolute atomic E-state index is 14.1. The first kappa shape index (κ1) is 20.4. The van der Waals surface area contributed by atoms with Gasteiger partial charge >= 0.3 is 5.91 Å². The number of thiazole rings is 1. The van der Waals surface area contributed by atoms with Gasteiger partial charge < -0.3 is 5.11 Å². The van der Waals surface area contributed by atoms with Crippen LogP contribution in [0.4, 0.5) is 15.2 Å². The number of nitrogens with zero attached hydrogens (tertiary/aromatic N) is 3. The highest BCUT2D eigenvalue weighted by Gasteiger charge is 2.48. The largest absolute Gasteiger partial charge is 0.507 e. The Bertz CT molecular complexity index is 1240. The molecule has 1 unspecified atom stereocenters. The van der Waals surface area contributed by atoms with E-state index in [9.17, 15) is 29.2 Å². The standard InChI is InChI=1S/C21H14FN3O5S/c1-11-2-3-13(10-15(11)22)18(26)16-17(12-4-6-14(7-5-12)25(29)30)24(20(28)19(16)27)21-23-8-9-31-21/h2-10,17,26H,1H3/b18-16-. The van der Waals surface area contributed by atoms with Gasteiger partial charge in [-0.05, 0) is 36.2 Å². The monoisotopic (exact) mass is 439 g/mol. The van der Waals surface area contributed by atoms with Crippen molar-refractivity contribution >= 4 is 39.6 Å². The van der Waals surface area contributed by atoms with Crippen LogP contribution in [-0.2, 0) is 9.59 Å². The second-order valence-corrected chi connectivity index (χ2v) is 7.67. The molecular weight excluding hydrogens is 425 g/mol. The number of hydrogen-bond acceptors (Lipinski definition) is 7. The van der Waals surface area contributed by atoms with Crippen LogP contribution in [0.15, 0.2) is 59.6 Å². The van der Waals surface area contributed by atoms with E-state index < -0.39 is 34.2 Å². The van der Waals surface area contributed by atoms with Crippen molar-refractivity contribution < 1.29 is 24.0 Å². The van der Waals surface area contributed by atoms with E-state index >= 15 is 0 Å². The summed E-state index contributed by atoms with van der Waals surface area (Å²) < 4.78 is 14.1. The van der Waals surface area contributed by atoms with E-state index in [0.29, 0.717) is 11.1 Å². The highest BCUT2D eigenvalue weighted by Crippen LogP contribution is 2.43. The van der Waals surface area contributed by atoms with E-state index in [-0.39, 0.29) is 22.0 Å². The lowest BCUT2D eigenvalue weighted by Crippen LogP contribution is -2.29. The highest BCUT2D eigenvalue weighted by atomic mass is 32.1. The maximum atomic E-state index is 14.1. The van der Waals surface area contributed by atoms with Gasteiger partial charge in [0.15, 0.2) is 5.13 Å². The fourth-order valence-corrected chi connectivity index (χ4v) is 4.02. The summed E-state index contributed by atoms with van der Waals surface area (Å²) >= 11 is 1.12. The summed E-state index contributed by atoms with van der Waals surface area (Å²) in [4.78, 5) is 41.4. The minimum absolute atomic E-state index is 0.0344. The summed E-state index contributed by atoms with van der Waals surface area (Å²) in [6, 6.07) is 8.16. The molecule has 8 nitrogen and oxygen atoms in total. The van der Waals surface area contributed by atoms with Crippen molar-refractivity contribution in [1.82, 2.24) is 4.98 Å². The van der Waals surface area contributed by atoms with Crippen LogP contribution in [0, 0.1) is 22.9 Å².